The SMILES string of the molecule is CC1CCCC1N1CCC(Oc2ccc(-n3cc(C(=O)N4CCCC4)cn3)cc2)CC1. The van der Waals surface area contributed by atoms with Gasteiger partial charge in [0.25, 0.3) is 5.91 Å². The third-order valence-electron chi connectivity index (χ3n) is 7.39. The van der Waals surface area contributed by atoms with Crippen LogP contribution in [0.5, 0.6) is 5.75 Å². The fourth-order valence-corrected chi connectivity index (χ4v) is 5.54. The van der Waals surface area contributed by atoms with E-state index in [0.717, 1.165) is 75.3 Å². The molecule has 1 aromatic heterocycles. The topological polar surface area (TPSA) is 50.6 Å². The normalized spacial score (nSPS) is 25.3. The first kappa shape index (κ1) is 20.6. The van der Waals surface area contributed by atoms with Gasteiger partial charge in [-0.1, -0.05) is 13.3 Å². The molecule has 2 saturated heterocycles. The molecule has 3 aliphatic rings. The number of hydrogen-bond donors (Lipinski definition) is 0. The van der Waals surface area contributed by atoms with Gasteiger partial charge in [0.2, 0.25) is 0 Å². The molecule has 6 nitrogen and oxygen atoms in total. The molecule has 6 heteroatoms. The highest BCUT2D eigenvalue weighted by atomic mass is 16.5. The number of aromatic nitrogens is 2. The van der Waals surface area contributed by atoms with Gasteiger partial charge in [-0.2, -0.15) is 5.10 Å². The summed E-state index contributed by atoms with van der Waals surface area (Å²) in [5.41, 5.74) is 1.60. The van der Waals surface area contributed by atoms with E-state index in [4.69, 9.17) is 4.74 Å². The largest absolute Gasteiger partial charge is 0.490 e. The molecular weight excluding hydrogens is 388 g/mol. The van der Waals surface area contributed by atoms with Crippen molar-refractivity contribution in [3.8, 4) is 11.4 Å². The Labute approximate surface area is 185 Å². The van der Waals surface area contributed by atoms with Crippen LogP contribution in [-0.2, 0) is 0 Å². The third kappa shape index (κ3) is 4.49. The molecule has 1 aromatic carbocycles. The number of hydrogen-bond acceptors (Lipinski definition) is 4. The van der Waals surface area contributed by atoms with E-state index in [1.54, 1.807) is 10.9 Å². The van der Waals surface area contributed by atoms with E-state index in [2.05, 4.69) is 16.9 Å². The quantitative estimate of drug-likeness (QED) is 0.727. The van der Waals surface area contributed by atoms with Crippen LogP contribution in [0.2, 0.25) is 0 Å². The van der Waals surface area contributed by atoms with E-state index in [9.17, 15) is 4.79 Å². The number of amides is 1. The average molecular weight is 423 g/mol. The van der Waals surface area contributed by atoms with Gasteiger partial charge < -0.3 is 9.64 Å². The van der Waals surface area contributed by atoms with Crippen LogP contribution in [-0.4, -0.2) is 63.8 Å². The van der Waals surface area contributed by atoms with Crippen molar-refractivity contribution in [1.82, 2.24) is 19.6 Å². The molecule has 0 radical (unpaired) electrons. The van der Waals surface area contributed by atoms with Gasteiger partial charge in [0, 0.05) is 38.4 Å². The Balaban J connectivity index is 1.15. The smallest absolute Gasteiger partial charge is 0.257 e. The predicted molar refractivity (Wildman–Crippen MR) is 121 cm³/mol. The van der Waals surface area contributed by atoms with E-state index < -0.39 is 0 Å². The minimum Gasteiger partial charge on any atom is -0.490 e. The van der Waals surface area contributed by atoms with Crippen molar-refractivity contribution in [1.29, 1.82) is 0 Å². The zero-order valence-electron chi connectivity index (χ0n) is 18.6. The summed E-state index contributed by atoms with van der Waals surface area (Å²) in [4.78, 5) is 17.1. The van der Waals surface area contributed by atoms with Crippen LogP contribution >= 0.6 is 0 Å². The van der Waals surface area contributed by atoms with Crippen molar-refractivity contribution >= 4 is 5.91 Å². The summed E-state index contributed by atoms with van der Waals surface area (Å²) in [6.45, 7) is 6.42. The van der Waals surface area contributed by atoms with Crippen molar-refractivity contribution < 1.29 is 9.53 Å². The number of piperidine rings is 1. The summed E-state index contributed by atoms with van der Waals surface area (Å²) in [5, 5.41) is 4.40. The number of likely N-dealkylation sites (tertiary alicyclic amines) is 2. The molecular formula is C25H34N4O2. The van der Waals surface area contributed by atoms with Gasteiger partial charge in [0.15, 0.2) is 0 Å². The Hall–Kier alpha value is -2.34. The number of nitrogens with zero attached hydrogens (tertiary/aromatic N) is 4. The third-order valence-corrected chi connectivity index (χ3v) is 7.39. The first-order valence-corrected chi connectivity index (χ1v) is 12.0. The van der Waals surface area contributed by atoms with Crippen LogP contribution in [0.3, 0.4) is 0 Å². The lowest BCUT2D eigenvalue weighted by Gasteiger charge is -2.37. The first-order valence-electron chi connectivity index (χ1n) is 12.0. The van der Waals surface area contributed by atoms with Gasteiger partial charge in [0.1, 0.15) is 11.9 Å². The Bertz CT molecular complexity index is 879. The minimum atomic E-state index is 0.0852. The highest BCUT2D eigenvalue weighted by Gasteiger charge is 2.32. The van der Waals surface area contributed by atoms with Crippen molar-refractivity contribution in [2.75, 3.05) is 26.2 Å². The Morgan fingerprint density at radius 3 is 2.39 bits per heavy atom. The van der Waals surface area contributed by atoms with Crippen molar-refractivity contribution in [2.45, 2.75) is 64.0 Å². The molecule has 5 rings (SSSR count). The molecule has 2 atom stereocenters. The van der Waals surface area contributed by atoms with Gasteiger partial charge in [-0.05, 0) is 68.7 Å². The number of carbonyl (C=O) groups excluding carboxylic acids is 1. The molecule has 0 bridgehead atoms. The van der Waals surface area contributed by atoms with E-state index in [0.29, 0.717) is 11.7 Å². The predicted octanol–water partition coefficient (Wildman–Crippen LogP) is 4.14. The highest BCUT2D eigenvalue weighted by molar-refractivity contribution is 5.94. The van der Waals surface area contributed by atoms with E-state index in [-0.39, 0.29) is 5.91 Å². The molecule has 3 fully saturated rings. The summed E-state index contributed by atoms with van der Waals surface area (Å²) >= 11 is 0. The summed E-state index contributed by atoms with van der Waals surface area (Å²) in [6, 6.07) is 8.86. The second kappa shape index (κ2) is 9.03. The fourth-order valence-electron chi connectivity index (χ4n) is 5.54. The minimum absolute atomic E-state index is 0.0852. The lowest BCUT2D eigenvalue weighted by molar-refractivity contribution is 0.0656. The van der Waals surface area contributed by atoms with Crippen LogP contribution in [0.4, 0.5) is 0 Å². The maximum absolute atomic E-state index is 12.5. The second-order valence-electron chi connectivity index (χ2n) is 9.50. The van der Waals surface area contributed by atoms with E-state index >= 15 is 0 Å². The van der Waals surface area contributed by atoms with Gasteiger partial charge in [-0.3, -0.25) is 9.69 Å². The number of benzene rings is 1. The number of ether oxygens (including phenoxy) is 1. The summed E-state index contributed by atoms with van der Waals surface area (Å²) in [6.07, 6.45) is 12.3. The molecule has 1 amide bonds. The highest BCUT2D eigenvalue weighted by Crippen LogP contribution is 2.32. The monoisotopic (exact) mass is 422 g/mol. The molecule has 3 heterocycles. The van der Waals surface area contributed by atoms with Gasteiger partial charge in [0.05, 0.1) is 17.4 Å². The van der Waals surface area contributed by atoms with Crippen molar-refractivity contribution in [2.24, 2.45) is 5.92 Å². The van der Waals surface area contributed by atoms with Crippen LogP contribution in [0, 0.1) is 5.92 Å². The summed E-state index contributed by atoms with van der Waals surface area (Å²) in [5.74, 6) is 1.84. The molecule has 166 valence electrons. The zero-order valence-corrected chi connectivity index (χ0v) is 18.6. The van der Waals surface area contributed by atoms with E-state index in [1.165, 1.54) is 19.3 Å². The molecule has 0 spiro atoms. The van der Waals surface area contributed by atoms with Crippen molar-refractivity contribution in [3.05, 3.63) is 42.2 Å². The number of carbonyl (C=O) groups is 1. The summed E-state index contributed by atoms with van der Waals surface area (Å²) < 4.78 is 8.05. The van der Waals surface area contributed by atoms with Crippen LogP contribution < -0.4 is 4.74 Å². The fraction of sp³-hybridized carbons (Fsp3) is 0.600. The lowest BCUT2D eigenvalue weighted by Crippen LogP contribution is -2.45. The average Bonchev–Trinajstić information content (AvgIpc) is 3.57. The standard InChI is InChI=1S/C25H34N4O2/c1-19-5-4-6-24(19)27-15-11-23(12-16-27)31-22-9-7-21(8-10-22)29-18-20(17-26-29)25(30)28-13-2-3-14-28/h7-10,17-19,23-24H,2-6,11-16H2,1H3. The molecule has 31 heavy (non-hydrogen) atoms. The maximum Gasteiger partial charge on any atom is 0.257 e. The van der Waals surface area contributed by atoms with Gasteiger partial charge in [-0.15, -0.1) is 0 Å². The Morgan fingerprint density at radius 1 is 0.968 bits per heavy atom. The van der Waals surface area contributed by atoms with E-state index in [1.807, 2.05) is 35.4 Å². The molecule has 2 unspecified atom stereocenters. The molecule has 1 aliphatic carbocycles. The van der Waals surface area contributed by atoms with Gasteiger partial charge >= 0.3 is 0 Å². The van der Waals surface area contributed by atoms with Gasteiger partial charge in [-0.25, -0.2) is 4.68 Å². The molecule has 0 N–H and O–H groups in total. The molecule has 2 aliphatic heterocycles. The zero-order chi connectivity index (χ0) is 21.2. The van der Waals surface area contributed by atoms with Crippen LogP contribution in [0.1, 0.15) is 62.2 Å². The van der Waals surface area contributed by atoms with Crippen molar-refractivity contribution in [3.63, 3.8) is 0 Å². The summed E-state index contributed by atoms with van der Waals surface area (Å²) in [7, 11) is 0. The lowest BCUT2D eigenvalue weighted by atomic mass is 10.00. The molecule has 1 saturated carbocycles. The molecule has 2 aromatic rings. The Morgan fingerprint density at radius 2 is 1.71 bits per heavy atom. The maximum atomic E-state index is 12.5. The second-order valence-corrected chi connectivity index (χ2v) is 9.50. The number of rotatable bonds is 5. The van der Waals surface area contributed by atoms with Crippen LogP contribution in [0.15, 0.2) is 36.7 Å². The Kier molecular flexibility index (Phi) is 5.99. The van der Waals surface area contributed by atoms with Crippen LogP contribution in [0.25, 0.3) is 5.69 Å². The first-order chi connectivity index (χ1) is 15.2.